The number of carbonyl (C=O) groups excluding carboxylic acids is 2. The summed E-state index contributed by atoms with van der Waals surface area (Å²) in [4.78, 5) is 27.4. The minimum Gasteiger partial charge on any atom is -0.454 e. The average Bonchev–Trinajstić information content (AvgIpc) is 3.53. The van der Waals surface area contributed by atoms with E-state index in [0.717, 1.165) is 12.8 Å². The van der Waals surface area contributed by atoms with Crippen LogP contribution in [0.15, 0.2) is 42.5 Å². The number of carbonyl (C=O) groups is 2. The second kappa shape index (κ2) is 8.16. The van der Waals surface area contributed by atoms with E-state index in [1.54, 1.807) is 47.4 Å². The predicted molar refractivity (Wildman–Crippen MR) is 115 cm³/mol. The van der Waals surface area contributed by atoms with Gasteiger partial charge in [0.15, 0.2) is 11.5 Å². The molecule has 2 amide bonds. The van der Waals surface area contributed by atoms with Crippen LogP contribution in [0.4, 0.5) is 5.69 Å². The van der Waals surface area contributed by atoms with Crippen LogP contribution in [0.25, 0.3) is 0 Å². The summed E-state index contributed by atoms with van der Waals surface area (Å²) in [5, 5.41) is 12.5. The summed E-state index contributed by atoms with van der Waals surface area (Å²) in [5.74, 6) is 0.776. The van der Waals surface area contributed by atoms with E-state index in [1.807, 2.05) is 0 Å². The summed E-state index contributed by atoms with van der Waals surface area (Å²) >= 11 is 7.12. The van der Waals surface area contributed by atoms with Crippen LogP contribution >= 0.6 is 22.9 Å². The molecule has 1 N–H and O–H groups in total. The maximum Gasteiger partial charge on any atom is 0.286 e. The van der Waals surface area contributed by atoms with Crippen molar-refractivity contribution in [3.8, 4) is 11.5 Å². The summed E-state index contributed by atoms with van der Waals surface area (Å²) in [6, 6.07) is 11.8. The molecule has 0 saturated carbocycles. The zero-order valence-electron chi connectivity index (χ0n) is 16.2. The van der Waals surface area contributed by atoms with Crippen molar-refractivity contribution >= 4 is 40.4 Å². The fraction of sp³-hybridized carbons (Fsp3) is 0.238. The summed E-state index contributed by atoms with van der Waals surface area (Å²) in [7, 11) is 0. The zero-order chi connectivity index (χ0) is 21.4. The number of nitrogens with zero attached hydrogens (tertiary/aromatic N) is 3. The van der Waals surface area contributed by atoms with E-state index in [1.165, 1.54) is 11.3 Å². The molecule has 1 unspecified atom stereocenters. The number of likely N-dealkylation sites (tertiary alicyclic amines) is 1. The number of hydrogen-bond acceptors (Lipinski definition) is 7. The second-order valence-corrected chi connectivity index (χ2v) is 8.58. The normalized spacial score (nSPS) is 17.1. The number of anilines is 1. The van der Waals surface area contributed by atoms with Gasteiger partial charge in [0.2, 0.25) is 11.8 Å². The van der Waals surface area contributed by atoms with E-state index < -0.39 is 0 Å². The van der Waals surface area contributed by atoms with Gasteiger partial charge in [-0.3, -0.25) is 9.59 Å². The molecule has 31 heavy (non-hydrogen) atoms. The van der Waals surface area contributed by atoms with E-state index in [2.05, 4.69) is 15.5 Å². The lowest BCUT2D eigenvalue weighted by Crippen LogP contribution is -2.30. The Morgan fingerprint density at radius 1 is 1.10 bits per heavy atom. The van der Waals surface area contributed by atoms with Gasteiger partial charge >= 0.3 is 0 Å². The zero-order valence-corrected chi connectivity index (χ0v) is 17.8. The van der Waals surface area contributed by atoms with Crippen molar-refractivity contribution in [3.05, 3.63) is 63.1 Å². The summed E-state index contributed by atoms with van der Waals surface area (Å²) < 4.78 is 10.6. The number of aromatic nitrogens is 2. The van der Waals surface area contributed by atoms with Gasteiger partial charge in [0.25, 0.3) is 11.8 Å². The van der Waals surface area contributed by atoms with Gasteiger partial charge < -0.3 is 19.7 Å². The standard InChI is InChI=1S/C21H17ClN4O4S/c22-13-5-3-12(4-6-13)21(28)26-9-1-2-15(26)19-24-25-20(31-19)18(27)23-14-7-8-16-17(10-14)30-11-29-16/h3-8,10,15H,1-2,9,11H2,(H,23,27). The average molecular weight is 457 g/mol. The highest BCUT2D eigenvalue weighted by Crippen LogP contribution is 2.36. The van der Waals surface area contributed by atoms with E-state index in [4.69, 9.17) is 21.1 Å². The molecule has 1 aromatic heterocycles. The SMILES string of the molecule is O=C(Nc1ccc2c(c1)OCO2)c1nnc(C2CCCN2C(=O)c2ccc(Cl)cc2)s1. The maximum atomic E-state index is 13.0. The molecule has 3 heterocycles. The van der Waals surface area contributed by atoms with Gasteiger partial charge in [0.05, 0.1) is 6.04 Å². The lowest BCUT2D eigenvalue weighted by atomic mass is 10.1. The lowest BCUT2D eigenvalue weighted by Gasteiger charge is -2.22. The van der Waals surface area contributed by atoms with Crippen molar-refractivity contribution in [2.75, 3.05) is 18.7 Å². The minimum absolute atomic E-state index is 0.0827. The molecular formula is C21H17ClN4O4S. The first-order valence-corrected chi connectivity index (χ1v) is 10.9. The molecule has 5 rings (SSSR count). The van der Waals surface area contributed by atoms with Crippen LogP contribution in [0.2, 0.25) is 5.02 Å². The highest BCUT2D eigenvalue weighted by atomic mass is 35.5. The van der Waals surface area contributed by atoms with Gasteiger partial charge in [-0.1, -0.05) is 22.9 Å². The third kappa shape index (κ3) is 3.94. The Bertz CT molecular complexity index is 1150. The molecule has 2 aliphatic heterocycles. The molecule has 0 radical (unpaired) electrons. The van der Waals surface area contributed by atoms with E-state index in [9.17, 15) is 9.59 Å². The molecule has 0 spiro atoms. The molecule has 10 heteroatoms. The van der Waals surface area contributed by atoms with Gasteiger partial charge in [0.1, 0.15) is 5.01 Å². The number of ether oxygens (including phenoxy) is 2. The number of hydrogen-bond donors (Lipinski definition) is 1. The number of nitrogens with one attached hydrogen (secondary N) is 1. The number of rotatable bonds is 4. The quantitative estimate of drug-likeness (QED) is 0.633. The molecule has 2 aromatic carbocycles. The van der Waals surface area contributed by atoms with Crippen LogP contribution in [-0.2, 0) is 0 Å². The lowest BCUT2D eigenvalue weighted by molar-refractivity contribution is 0.0735. The van der Waals surface area contributed by atoms with Gasteiger partial charge in [0, 0.05) is 28.9 Å². The van der Waals surface area contributed by atoms with Crippen LogP contribution in [0.3, 0.4) is 0 Å². The van der Waals surface area contributed by atoms with Gasteiger partial charge in [-0.15, -0.1) is 10.2 Å². The number of fused-ring (bicyclic) bond motifs is 1. The van der Waals surface area contributed by atoms with Crippen molar-refractivity contribution < 1.29 is 19.1 Å². The first kappa shape index (κ1) is 19.8. The number of benzene rings is 2. The molecule has 1 atom stereocenters. The summed E-state index contributed by atoms with van der Waals surface area (Å²) in [5.41, 5.74) is 1.15. The van der Waals surface area contributed by atoms with E-state index >= 15 is 0 Å². The highest BCUT2D eigenvalue weighted by molar-refractivity contribution is 7.13. The van der Waals surface area contributed by atoms with Gasteiger partial charge in [-0.05, 0) is 49.2 Å². The third-order valence-corrected chi connectivity index (χ3v) is 6.43. The van der Waals surface area contributed by atoms with Crippen LogP contribution in [0.1, 0.15) is 44.1 Å². The first-order chi connectivity index (χ1) is 15.1. The highest BCUT2D eigenvalue weighted by Gasteiger charge is 2.33. The molecule has 1 saturated heterocycles. The van der Waals surface area contributed by atoms with Crippen molar-refractivity contribution in [2.45, 2.75) is 18.9 Å². The molecular weight excluding hydrogens is 440 g/mol. The molecule has 3 aromatic rings. The number of halogens is 1. The summed E-state index contributed by atoms with van der Waals surface area (Å²) in [6.07, 6.45) is 1.64. The summed E-state index contributed by atoms with van der Waals surface area (Å²) in [6.45, 7) is 0.795. The topological polar surface area (TPSA) is 93.7 Å². The largest absolute Gasteiger partial charge is 0.454 e. The molecule has 1 fully saturated rings. The Hall–Kier alpha value is -3.17. The minimum atomic E-state index is -0.365. The number of amides is 2. The monoisotopic (exact) mass is 456 g/mol. The predicted octanol–water partition coefficient (Wildman–Crippen LogP) is 4.15. The van der Waals surface area contributed by atoms with Crippen molar-refractivity contribution in [1.82, 2.24) is 15.1 Å². The van der Waals surface area contributed by atoms with E-state index in [0.29, 0.717) is 39.3 Å². The third-order valence-electron chi connectivity index (χ3n) is 5.16. The van der Waals surface area contributed by atoms with Gasteiger partial charge in [-0.2, -0.15) is 0 Å². The van der Waals surface area contributed by atoms with Crippen LogP contribution in [-0.4, -0.2) is 40.2 Å². The van der Waals surface area contributed by atoms with Crippen molar-refractivity contribution in [2.24, 2.45) is 0 Å². The van der Waals surface area contributed by atoms with Crippen LogP contribution in [0, 0.1) is 0 Å². The van der Waals surface area contributed by atoms with Crippen molar-refractivity contribution in [3.63, 3.8) is 0 Å². The molecule has 158 valence electrons. The molecule has 8 nitrogen and oxygen atoms in total. The van der Waals surface area contributed by atoms with Crippen molar-refractivity contribution in [1.29, 1.82) is 0 Å². The Morgan fingerprint density at radius 3 is 2.74 bits per heavy atom. The fourth-order valence-electron chi connectivity index (χ4n) is 3.64. The first-order valence-electron chi connectivity index (χ1n) is 9.69. The Kier molecular flexibility index (Phi) is 5.21. The van der Waals surface area contributed by atoms with Crippen LogP contribution < -0.4 is 14.8 Å². The Morgan fingerprint density at radius 2 is 1.90 bits per heavy atom. The van der Waals surface area contributed by atoms with E-state index in [-0.39, 0.29) is 29.7 Å². The Balaban J connectivity index is 1.30. The molecule has 0 aliphatic carbocycles. The smallest absolute Gasteiger partial charge is 0.286 e. The van der Waals surface area contributed by atoms with Gasteiger partial charge in [-0.25, -0.2) is 0 Å². The molecule has 2 aliphatic rings. The van der Waals surface area contributed by atoms with Crippen LogP contribution in [0.5, 0.6) is 11.5 Å². The Labute approximate surface area is 186 Å². The fourth-order valence-corrected chi connectivity index (χ4v) is 4.66. The molecule has 0 bridgehead atoms. The maximum absolute atomic E-state index is 13.0. The second-order valence-electron chi connectivity index (χ2n) is 7.13.